The highest BCUT2D eigenvalue weighted by molar-refractivity contribution is 5.99. The van der Waals surface area contributed by atoms with E-state index in [1.165, 1.54) is 22.3 Å². The summed E-state index contributed by atoms with van der Waals surface area (Å²) in [6, 6.07) is 15.9. The molecule has 3 heteroatoms. The Labute approximate surface area is 175 Å². The second kappa shape index (κ2) is 7.28. The van der Waals surface area contributed by atoms with Gasteiger partial charge in [0, 0.05) is 0 Å². The van der Waals surface area contributed by atoms with Gasteiger partial charge in [0.25, 0.3) is 0 Å². The average Bonchev–Trinajstić information content (AvgIpc) is 3.01. The van der Waals surface area contributed by atoms with Gasteiger partial charge < -0.3 is 9.22 Å². The second-order valence-corrected chi connectivity index (χ2v) is 9.54. The third kappa shape index (κ3) is 2.93. The maximum Gasteiger partial charge on any atom is 0.321 e. The summed E-state index contributed by atoms with van der Waals surface area (Å²) in [7, 11) is 2.26. The Morgan fingerprint density at radius 2 is 1.72 bits per heavy atom. The lowest BCUT2D eigenvalue weighted by atomic mass is 9.69. The summed E-state index contributed by atoms with van der Waals surface area (Å²) in [6.45, 7) is 10.3. The zero-order valence-electron chi connectivity index (χ0n) is 18.5. The molecule has 3 nitrogen and oxygen atoms in total. The van der Waals surface area contributed by atoms with Gasteiger partial charge in [0.15, 0.2) is 0 Å². The van der Waals surface area contributed by atoms with Crippen molar-refractivity contribution >= 4 is 5.97 Å². The molecule has 0 heterocycles. The number of ether oxygens (including phenoxy) is 1. The first kappa shape index (κ1) is 20.2. The summed E-state index contributed by atoms with van der Waals surface area (Å²) in [6.07, 6.45) is 2.90. The molecule has 0 bridgehead atoms. The topological polar surface area (TPSA) is 26.3 Å². The fraction of sp³-hybridized carbons (Fsp3) is 0.500. The molecule has 0 fully saturated rings. The number of benzene rings is 2. The van der Waals surface area contributed by atoms with Crippen molar-refractivity contribution in [1.29, 1.82) is 0 Å². The Balaban J connectivity index is 1.67. The van der Waals surface area contributed by atoms with Crippen LogP contribution in [0.1, 0.15) is 57.2 Å². The minimum Gasteiger partial charge on any atom is -0.459 e. The molecule has 2 aliphatic rings. The lowest BCUT2D eigenvalue weighted by molar-refractivity contribution is -0.949. The molecule has 29 heavy (non-hydrogen) atoms. The minimum absolute atomic E-state index is 0.0603. The van der Waals surface area contributed by atoms with E-state index in [1.54, 1.807) is 0 Å². The van der Waals surface area contributed by atoms with Crippen LogP contribution in [0.2, 0.25) is 0 Å². The van der Waals surface area contributed by atoms with E-state index in [-0.39, 0.29) is 5.97 Å². The van der Waals surface area contributed by atoms with Gasteiger partial charge in [-0.25, -0.2) is 0 Å². The lowest BCUT2D eigenvalue weighted by Crippen LogP contribution is -2.56. The van der Waals surface area contributed by atoms with Crippen LogP contribution in [-0.2, 0) is 21.4 Å². The number of rotatable bonds is 6. The number of nitrogens with zero attached hydrogens (tertiary/aromatic N) is 1. The summed E-state index contributed by atoms with van der Waals surface area (Å²) < 4.78 is 6.97. The molecule has 0 spiro atoms. The van der Waals surface area contributed by atoms with Crippen LogP contribution >= 0.6 is 0 Å². The molecular formula is C26H34NO2+. The van der Waals surface area contributed by atoms with Crippen LogP contribution in [-0.4, -0.2) is 42.7 Å². The van der Waals surface area contributed by atoms with E-state index in [2.05, 4.69) is 77.2 Å². The van der Waals surface area contributed by atoms with Gasteiger partial charge in [-0.1, -0.05) is 42.5 Å². The van der Waals surface area contributed by atoms with Crippen LogP contribution in [0.5, 0.6) is 0 Å². The van der Waals surface area contributed by atoms with Crippen LogP contribution in [0.25, 0.3) is 11.1 Å². The van der Waals surface area contributed by atoms with Crippen molar-refractivity contribution in [2.45, 2.75) is 64.5 Å². The molecule has 0 N–H and O–H groups in total. The summed E-state index contributed by atoms with van der Waals surface area (Å²) in [5.41, 5.74) is 5.46. The van der Waals surface area contributed by atoms with E-state index in [1.807, 2.05) is 0 Å². The van der Waals surface area contributed by atoms with E-state index in [0.717, 1.165) is 35.9 Å². The first-order valence-electron chi connectivity index (χ1n) is 11.1. The standard InChI is InChI=1S/C26H34NO2/c1-18(2)27(5,19(3)4)16-17-29-25(28)26-15-9-11-20-10-8-13-22(24(20)26)21-12-6-7-14-23(21)26/h6-8,10,12-14,18-19H,9,11,15-17H2,1-5H3/q+1/t26-/m1/s1. The van der Waals surface area contributed by atoms with Gasteiger partial charge >= 0.3 is 5.97 Å². The highest BCUT2D eigenvalue weighted by atomic mass is 16.5. The molecule has 0 aromatic heterocycles. The molecule has 0 saturated carbocycles. The van der Waals surface area contributed by atoms with Crippen molar-refractivity contribution in [1.82, 2.24) is 0 Å². The number of hydrogen-bond donors (Lipinski definition) is 0. The third-order valence-electron chi connectivity index (χ3n) is 7.77. The Morgan fingerprint density at radius 1 is 1.03 bits per heavy atom. The van der Waals surface area contributed by atoms with Gasteiger partial charge in [-0.2, -0.15) is 0 Å². The third-order valence-corrected chi connectivity index (χ3v) is 7.77. The molecule has 0 aliphatic heterocycles. The smallest absolute Gasteiger partial charge is 0.321 e. The van der Waals surface area contributed by atoms with Crippen LogP contribution < -0.4 is 0 Å². The normalized spacial score (nSPS) is 20.0. The predicted octanol–water partition coefficient (Wildman–Crippen LogP) is 5.10. The predicted molar refractivity (Wildman–Crippen MR) is 118 cm³/mol. The Morgan fingerprint density at radius 3 is 2.45 bits per heavy atom. The number of likely N-dealkylation sites (N-methyl/N-ethyl adjacent to an activating group) is 1. The number of quaternary nitrogens is 1. The van der Waals surface area contributed by atoms with E-state index in [9.17, 15) is 4.79 Å². The fourth-order valence-corrected chi connectivity index (χ4v) is 5.45. The number of esters is 1. The van der Waals surface area contributed by atoms with Gasteiger partial charge in [0.05, 0.1) is 19.1 Å². The summed E-state index contributed by atoms with van der Waals surface area (Å²) in [4.78, 5) is 13.7. The molecule has 0 unspecified atom stereocenters. The van der Waals surface area contributed by atoms with Crippen LogP contribution in [0.15, 0.2) is 42.5 Å². The molecule has 2 aliphatic carbocycles. The zero-order valence-corrected chi connectivity index (χ0v) is 18.5. The van der Waals surface area contributed by atoms with E-state index >= 15 is 0 Å². The number of carbonyl (C=O) groups is 1. The lowest BCUT2D eigenvalue weighted by Gasteiger charge is -2.42. The zero-order chi connectivity index (χ0) is 20.8. The highest BCUT2D eigenvalue weighted by Gasteiger charge is 2.52. The molecule has 0 radical (unpaired) electrons. The Hall–Kier alpha value is -2.13. The maximum absolute atomic E-state index is 13.7. The van der Waals surface area contributed by atoms with Crippen LogP contribution in [0, 0.1) is 0 Å². The van der Waals surface area contributed by atoms with Crippen molar-refractivity contribution in [2.24, 2.45) is 0 Å². The largest absolute Gasteiger partial charge is 0.459 e. The van der Waals surface area contributed by atoms with Crippen LogP contribution in [0.3, 0.4) is 0 Å². The van der Waals surface area contributed by atoms with Crippen molar-refractivity contribution in [3.63, 3.8) is 0 Å². The van der Waals surface area contributed by atoms with Gasteiger partial charge in [-0.05, 0) is 74.8 Å². The quantitative estimate of drug-likeness (QED) is 0.505. The van der Waals surface area contributed by atoms with Gasteiger partial charge in [-0.15, -0.1) is 0 Å². The minimum atomic E-state index is -0.625. The van der Waals surface area contributed by atoms with Crippen molar-refractivity contribution in [2.75, 3.05) is 20.2 Å². The van der Waals surface area contributed by atoms with E-state index in [4.69, 9.17) is 4.74 Å². The highest BCUT2D eigenvalue weighted by Crippen LogP contribution is 2.55. The van der Waals surface area contributed by atoms with Crippen LogP contribution in [0.4, 0.5) is 0 Å². The molecule has 4 rings (SSSR count). The van der Waals surface area contributed by atoms with Crippen molar-refractivity contribution in [3.05, 3.63) is 59.2 Å². The Bertz CT molecular complexity index is 922. The monoisotopic (exact) mass is 392 g/mol. The first-order chi connectivity index (χ1) is 13.8. The summed E-state index contributed by atoms with van der Waals surface area (Å²) in [5.74, 6) is -0.0603. The van der Waals surface area contributed by atoms with Gasteiger partial charge in [0.2, 0.25) is 0 Å². The molecular weight excluding hydrogens is 358 g/mol. The Kier molecular flexibility index (Phi) is 5.06. The molecule has 2 aromatic rings. The molecule has 2 aromatic carbocycles. The van der Waals surface area contributed by atoms with E-state index < -0.39 is 5.41 Å². The molecule has 0 saturated heterocycles. The number of carbonyl (C=O) groups excluding carboxylic acids is 1. The van der Waals surface area contributed by atoms with E-state index in [0.29, 0.717) is 18.7 Å². The first-order valence-corrected chi connectivity index (χ1v) is 11.1. The van der Waals surface area contributed by atoms with Gasteiger partial charge in [-0.3, -0.25) is 4.79 Å². The van der Waals surface area contributed by atoms with Crippen molar-refractivity contribution in [3.8, 4) is 11.1 Å². The molecule has 0 amide bonds. The average molecular weight is 393 g/mol. The van der Waals surface area contributed by atoms with Gasteiger partial charge in [0.1, 0.15) is 18.6 Å². The summed E-state index contributed by atoms with van der Waals surface area (Å²) in [5, 5.41) is 0. The second-order valence-electron chi connectivity index (χ2n) is 9.54. The number of hydrogen-bond acceptors (Lipinski definition) is 2. The maximum atomic E-state index is 13.7. The fourth-order valence-electron chi connectivity index (χ4n) is 5.45. The number of aryl methyl sites for hydroxylation is 1. The molecule has 1 atom stereocenters. The SMILES string of the molecule is CC(C)[N+](C)(CCOC(=O)[C@@]12CCCc3cccc(c31)-c1ccccc12)C(C)C. The summed E-state index contributed by atoms with van der Waals surface area (Å²) >= 11 is 0. The van der Waals surface area contributed by atoms with Crippen molar-refractivity contribution < 1.29 is 14.0 Å². The number of fused-ring (bicyclic) bond motifs is 3. The molecule has 154 valence electrons.